The Labute approximate surface area is 133 Å². The van der Waals surface area contributed by atoms with Gasteiger partial charge in [-0.15, -0.1) is 0 Å². The van der Waals surface area contributed by atoms with Crippen LogP contribution in [0, 0.1) is 26.2 Å². The third-order valence-corrected chi connectivity index (χ3v) is 4.09. The van der Waals surface area contributed by atoms with Gasteiger partial charge in [0.05, 0.1) is 0 Å². The van der Waals surface area contributed by atoms with E-state index in [9.17, 15) is 4.79 Å². The van der Waals surface area contributed by atoms with Gasteiger partial charge < -0.3 is 9.80 Å². The first-order chi connectivity index (χ1) is 10.2. The summed E-state index contributed by atoms with van der Waals surface area (Å²) in [6.45, 7) is 15.6. The molecule has 1 aliphatic heterocycles. The minimum Gasteiger partial charge on any atom is -0.353 e. The molecule has 122 valence electrons. The maximum Gasteiger partial charge on any atom is 0.223 e. The van der Waals surface area contributed by atoms with Gasteiger partial charge in [0.2, 0.25) is 5.91 Å². The molecule has 1 aliphatic rings. The molecule has 0 radical (unpaired) electrons. The monoisotopic (exact) mass is 304 g/mol. The third kappa shape index (κ3) is 3.96. The maximum absolute atomic E-state index is 12.3. The number of aryl methyl sites for hydroxylation is 2. The van der Waals surface area contributed by atoms with E-state index in [1.165, 1.54) is 0 Å². The van der Waals surface area contributed by atoms with Crippen LogP contribution in [0.25, 0.3) is 0 Å². The van der Waals surface area contributed by atoms with Crippen LogP contribution in [0.3, 0.4) is 0 Å². The van der Waals surface area contributed by atoms with Crippen LogP contribution in [-0.2, 0) is 4.79 Å². The second-order valence-corrected chi connectivity index (χ2v) is 7.41. The average molecular weight is 304 g/mol. The number of hydrogen-bond donors (Lipinski definition) is 0. The van der Waals surface area contributed by atoms with Crippen molar-refractivity contribution in [1.29, 1.82) is 0 Å². The van der Waals surface area contributed by atoms with Crippen molar-refractivity contribution in [2.45, 2.75) is 48.0 Å². The van der Waals surface area contributed by atoms with E-state index >= 15 is 0 Å². The molecule has 22 heavy (non-hydrogen) atoms. The zero-order valence-corrected chi connectivity index (χ0v) is 14.7. The summed E-state index contributed by atoms with van der Waals surface area (Å²) in [5, 5.41) is 0. The van der Waals surface area contributed by atoms with E-state index in [-0.39, 0.29) is 11.3 Å². The highest BCUT2D eigenvalue weighted by Gasteiger charge is 2.26. The Hall–Kier alpha value is -1.65. The lowest BCUT2D eigenvalue weighted by molar-refractivity contribution is -0.133. The average Bonchev–Trinajstić information content (AvgIpc) is 2.41. The molecule has 0 saturated carbocycles. The molecule has 1 saturated heterocycles. The number of hydrogen-bond acceptors (Lipinski definition) is 4. The first kappa shape index (κ1) is 16.7. The van der Waals surface area contributed by atoms with Crippen LogP contribution in [-0.4, -0.2) is 47.0 Å². The summed E-state index contributed by atoms with van der Waals surface area (Å²) in [6.07, 6.45) is 0.609. The zero-order chi connectivity index (χ0) is 16.5. The van der Waals surface area contributed by atoms with Gasteiger partial charge in [0.15, 0.2) is 0 Å². The molecule has 1 fully saturated rings. The SMILES string of the molecule is Cc1nc(C)c(C)c(N2CCN(C(=O)CC(C)(C)C)CC2)n1. The fourth-order valence-corrected chi connectivity index (χ4v) is 2.79. The van der Waals surface area contributed by atoms with E-state index in [1.807, 2.05) is 18.7 Å². The fourth-order valence-electron chi connectivity index (χ4n) is 2.79. The number of anilines is 1. The normalized spacial score (nSPS) is 16.1. The van der Waals surface area contributed by atoms with Gasteiger partial charge in [-0.1, -0.05) is 20.8 Å². The van der Waals surface area contributed by atoms with E-state index < -0.39 is 0 Å². The second-order valence-electron chi connectivity index (χ2n) is 7.41. The number of rotatable bonds is 2. The molecule has 2 rings (SSSR count). The molecule has 5 heteroatoms. The molecular weight excluding hydrogens is 276 g/mol. The molecule has 5 nitrogen and oxygen atoms in total. The summed E-state index contributed by atoms with van der Waals surface area (Å²) in [5.41, 5.74) is 2.22. The predicted octanol–water partition coefficient (Wildman–Crippen LogP) is 2.49. The van der Waals surface area contributed by atoms with Crippen molar-refractivity contribution in [2.24, 2.45) is 5.41 Å². The molecule has 0 bridgehead atoms. The Bertz CT molecular complexity index is 555. The summed E-state index contributed by atoms with van der Waals surface area (Å²) < 4.78 is 0. The minimum absolute atomic E-state index is 0.0473. The standard InChI is InChI=1S/C17H28N4O/c1-12-13(2)18-14(3)19-16(12)21-9-7-20(8-10-21)15(22)11-17(4,5)6/h7-11H2,1-6H3. The van der Waals surface area contributed by atoms with E-state index in [1.54, 1.807) is 0 Å². The van der Waals surface area contributed by atoms with E-state index in [2.05, 4.69) is 42.6 Å². The number of carbonyl (C=O) groups excluding carboxylic acids is 1. The van der Waals surface area contributed by atoms with Crippen molar-refractivity contribution < 1.29 is 4.79 Å². The molecular formula is C17H28N4O. The quantitative estimate of drug-likeness (QED) is 0.842. The predicted molar refractivity (Wildman–Crippen MR) is 89.1 cm³/mol. The van der Waals surface area contributed by atoms with Gasteiger partial charge in [-0.2, -0.15) is 0 Å². The number of carbonyl (C=O) groups is 1. The Morgan fingerprint density at radius 1 is 1.05 bits per heavy atom. The van der Waals surface area contributed by atoms with Gasteiger partial charge >= 0.3 is 0 Å². The van der Waals surface area contributed by atoms with E-state index in [4.69, 9.17) is 0 Å². The van der Waals surface area contributed by atoms with E-state index in [0.29, 0.717) is 6.42 Å². The van der Waals surface area contributed by atoms with Crippen LogP contribution < -0.4 is 4.90 Å². The van der Waals surface area contributed by atoms with Crippen LogP contribution in [0.4, 0.5) is 5.82 Å². The lowest BCUT2D eigenvalue weighted by atomic mass is 9.91. The number of nitrogens with zero attached hydrogens (tertiary/aromatic N) is 4. The summed E-state index contributed by atoms with van der Waals surface area (Å²) >= 11 is 0. The van der Waals surface area contributed by atoms with Crippen molar-refractivity contribution in [3.8, 4) is 0 Å². The largest absolute Gasteiger partial charge is 0.353 e. The number of piperazine rings is 1. The van der Waals surface area contributed by atoms with Crippen LogP contribution in [0.1, 0.15) is 44.3 Å². The highest BCUT2D eigenvalue weighted by Crippen LogP contribution is 2.23. The molecule has 1 aromatic rings. The van der Waals surface area contributed by atoms with Crippen LogP contribution in [0.2, 0.25) is 0 Å². The molecule has 1 aromatic heterocycles. The molecule has 2 heterocycles. The number of amides is 1. The highest BCUT2D eigenvalue weighted by atomic mass is 16.2. The van der Waals surface area contributed by atoms with Crippen molar-refractivity contribution in [3.05, 3.63) is 17.1 Å². The van der Waals surface area contributed by atoms with Crippen LogP contribution in [0.15, 0.2) is 0 Å². The van der Waals surface area contributed by atoms with Gasteiger partial charge in [-0.3, -0.25) is 4.79 Å². The molecule has 0 atom stereocenters. The van der Waals surface area contributed by atoms with Gasteiger partial charge in [0.1, 0.15) is 11.6 Å². The van der Waals surface area contributed by atoms with Crippen molar-refractivity contribution in [3.63, 3.8) is 0 Å². The minimum atomic E-state index is 0.0473. The lowest BCUT2D eigenvalue weighted by Crippen LogP contribution is -2.49. The van der Waals surface area contributed by atoms with Gasteiger partial charge in [0, 0.05) is 43.9 Å². The van der Waals surface area contributed by atoms with Gasteiger partial charge in [0.25, 0.3) is 0 Å². The van der Waals surface area contributed by atoms with Gasteiger partial charge in [-0.25, -0.2) is 9.97 Å². The van der Waals surface area contributed by atoms with Gasteiger partial charge in [-0.05, 0) is 26.2 Å². The second kappa shape index (κ2) is 6.23. The summed E-state index contributed by atoms with van der Waals surface area (Å²) in [7, 11) is 0. The Balaban J connectivity index is 2.02. The lowest BCUT2D eigenvalue weighted by Gasteiger charge is -2.37. The molecule has 0 N–H and O–H groups in total. The molecule has 0 aliphatic carbocycles. The first-order valence-corrected chi connectivity index (χ1v) is 8.02. The summed E-state index contributed by atoms with van der Waals surface area (Å²) in [6, 6.07) is 0. The Kier molecular flexibility index (Phi) is 4.73. The maximum atomic E-state index is 12.3. The fraction of sp³-hybridized carbons (Fsp3) is 0.706. The molecule has 0 unspecified atom stereocenters. The molecule has 0 spiro atoms. The molecule has 0 aromatic carbocycles. The number of aromatic nitrogens is 2. The van der Waals surface area contributed by atoms with Crippen LogP contribution >= 0.6 is 0 Å². The third-order valence-electron chi connectivity index (χ3n) is 4.09. The van der Waals surface area contributed by atoms with Crippen LogP contribution in [0.5, 0.6) is 0 Å². The van der Waals surface area contributed by atoms with E-state index in [0.717, 1.165) is 49.1 Å². The highest BCUT2D eigenvalue weighted by molar-refractivity contribution is 5.77. The molecule has 1 amide bonds. The first-order valence-electron chi connectivity index (χ1n) is 8.02. The zero-order valence-electron chi connectivity index (χ0n) is 14.7. The Morgan fingerprint density at radius 3 is 2.18 bits per heavy atom. The van der Waals surface area contributed by atoms with Crippen molar-refractivity contribution >= 4 is 11.7 Å². The topological polar surface area (TPSA) is 49.3 Å². The summed E-state index contributed by atoms with van der Waals surface area (Å²) in [5.74, 6) is 2.09. The van der Waals surface area contributed by atoms with Crippen molar-refractivity contribution in [2.75, 3.05) is 31.1 Å². The van der Waals surface area contributed by atoms with Crippen molar-refractivity contribution in [1.82, 2.24) is 14.9 Å². The smallest absolute Gasteiger partial charge is 0.223 e. The Morgan fingerprint density at radius 2 is 1.64 bits per heavy atom. The summed E-state index contributed by atoms with van der Waals surface area (Å²) in [4.78, 5) is 25.6.